The molecular weight excluding hydrogens is 405 g/mol. The third-order valence-electron chi connectivity index (χ3n) is 3.35. The molecular formula is C20H15Cl2NO5. The maximum Gasteiger partial charge on any atom is 0.252 e. The van der Waals surface area contributed by atoms with Gasteiger partial charge in [-0.3, -0.25) is 14.4 Å². The van der Waals surface area contributed by atoms with Crippen molar-refractivity contribution in [3.05, 3.63) is 64.7 Å². The van der Waals surface area contributed by atoms with Gasteiger partial charge < -0.3 is 9.84 Å². The van der Waals surface area contributed by atoms with Crippen LogP contribution in [0, 0.1) is 11.3 Å². The molecule has 0 unspecified atom stereocenters. The largest absolute Gasteiger partial charge is 0.504 e. The highest BCUT2D eigenvalue weighted by atomic mass is 35.5. The third kappa shape index (κ3) is 6.88. The van der Waals surface area contributed by atoms with Gasteiger partial charge in [0.1, 0.15) is 6.07 Å². The lowest BCUT2D eigenvalue weighted by Crippen LogP contribution is -1.93. The highest BCUT2D eigenvalue weighted by Crippen LogP contribution is 2.27. The van der Waals surface area contributed by atoms with Crippen LogP contribution in [0.4, 0.5) is 0 Å². The normalized spacial score (nSPS) is 10.2. The number of phenols is 1. The van der Waals surface area contributed by atoms with Crippen LogP contribution in [0.2, 0.25) is 0 Å². The molecule has 28 heavy (non-hydrogen) atoms. The molecule has 0 radical (unpaired) electrons. The molecule has 0 aromatic heterocycles. The number of phenolic OH excluding ortho intramolecular Hbond substituents is 1. The second-order valence-electron chi connectivity index (χ2n) is 5.28. The van der Waals surface area contributed by atoms with Gasteiger partial charge in [0, 0.05) is 11.1 Å². The number of allylic oxidation sites excluding steroid dienone is 1. The zero-order valence-corrected chi connectivity index (χ0v) is 16.4. The van der Waals surface area contributed by atoms with Crippen LogP contribution in [0.3, 0.4) is 0 Å². The predicted octanol–water partition coefficient (Wildman–Crippen LogP) is 4.34. The molecule has 0 spiro atoms. The van der Waals surface area contributed by atoms with Crippen molar-refractivity contribution in [2.45, 2.75) is 6.92 Å². The van der Waals surface area contributed by atoms with E-state index in [1.54, 1.807) is 12.1 Å². The average Bonchev–Trinajstić information content (AvgIpc) is 2.67. The Balaban J connectivity index is 0.000000292. The number of carbonyl (C=O) groups is 3. The van der Waals surface area contributed by atoms with Crippen molar-refractivity contribution in [3.8, 4) is 17.6 Å². The first-order valence-electron chi connectivity index (χ1n) is 7.69. The Morgan fingerprint density at radius 3 is 1.89 bits per heavy atom. The van der Waals surface area contributed by atoms with E-state index in [9.17, 15) is 19.5 Å². The zero-order chi connectivity index (χ0) is 21.3. The number of ether oxygens (including phenoxy) is 1. The average molecular weight is 420 g/mol. The smallest absolute Gasteiger partial charge is 0.252 e. The lowest BCUT2D eigenvalue weighted by atomic mass is 10.1. The first kappa shape index (κ1) is 22.9. The van der Waals surface area contributed by atoms with Crippen molar-refractivity contribution < 1.29 is 24.2 Å². The van der Waals surface area contributed by atoms with Gasteiger partial charge in [0.2, 0.25) is 0 Å². The Kier molecular flexibility index (Phi) is 8.89. The molecule has 2 rings (SSSR count). The summed E-state index contributed by atoms with van der Waals surface area (Å²) < 4.78 is 4.91. The molecule has 0 heterocycles. The fraction of sp³-hybridized carbons (Fsp3) is 0.100. The molecule has 1 N–H and O–H groups in total. The molecule has 2 aromatic carbocycles. The van der Waals surface area contributed by atoms with E-state index in [0.29, 0.717) is 22.4 Å². The Hall–Kier alpha value is -3.14. The predicted molar refractivity (Wildman–Crippen MR) is 106 cm³/mol. The van der Waals surface area contributed by atoms with Gasteiger partial charge in [0.05, 0.1) is 12.7 Å². The number of benzene rings is 2. The first-order valence-corrected chi connectivity index (χ1v) is 8.44. The maximum atomic E-state index is 11.0. The molecule has 0 fully saturated rings. The second kappa shape index (κ2) is 10.9. The van der Waals surface area contributed by atoms with Crippen LogP contribution >= 0.6 is 23.2 Å². The number of Topliss-reactive ketones (excluding diaryl/α,β-unsaturated/α-hetero) is 1. The van der Waals surface area contributed by atoms with E-state index in [-0.39, 0.29) is 17.1 Å². The zero-order valence-electron chi connectivity index (χ0n) is 14.9. The van der Waals surface area contributed by atoms with Crippen molar-refractivity contribution in [3.63, 3.8) is 0 Å². The quantitative estimate of drug-likeness (QED) is 0.438. The van der Waals surface area contributed by atoms with Crippen molar-refractivity contribution in [1.82, 2.24) is 0 Å². The molecule has 8 heteroatoms. The number of ketones is 1. The molecule has 0 bridgehead atoms. The molecule has 6 nitrogen and oxygen atoms in total. The topological polar surface area (TPSA) is 104 Å². The number of halogens is 2. The standard InChI is InChI=1S/C12H11NO3.C8H4Cl2O2/c1-8(14)10(7-13)5-9-3-4-11(15)12(6-9)16-2;9-7(11)5-1-2-6(4-3-5)8(10)12/h3-6,15H,1-2H3;1-4H. The van der Waals surface area contributed by atoms with Crippen LogP contribution < -0.4 is 4.74 Å². The van der Waals surface area contributed by atoms with Gasteiger partial charge in [-0.25, -0.2) is 0 Å². The molecule has 0 aliphatic carbocycles. The first-order chi connectivity index (χ1) is 13.2. The van der Waals surface area contributed by atoms with Crippen molar-refractivity contribution in [2.24, 2.45) is 0 Å². The minimum Gasteiger partial charge on any atom is -0.504 e. The van der Waals surface area contributed by atoms with E-state index >= 15 is 0 Å². The fourth-order valence-corrected chi connectivity index (χ4v) is 2.15. The molecule has 144 valence electrons. The SMILES string of the molecule is COc1cc(C=C(C#N)C(C)=O)ccc1O.O=C(Cl)c1ccc(C(=O)Cl)cc1. The number of aromatic hydroxyl groups is 1. The summed E-state index contributed by atoms with van der Waals surface area (Å²) in [4.78, 5) is 32.2. The Bertz CT molecular complexity index is 927. The van der Waals surface area contributed by atoms with E-state index in [1.807, 2.05) is 6.07 Å². The monoisotopic (exact) mass is 419 g/mol. The number of hydrogen-bond acceptors (Lipinski definition) is 6. The number of nitriles is 1. The highest BCUT2D eigenvalue weighted by Gasteiger charge is 2.05. The van der Waals surface area contributed by atoms with Crippen molar-refractivity contribution in [2.75, 3.05) is 7.11 Å². The lowest BCUT2D eigenvalue weighted by Gasteiger charge is -2.03. The highest BCUT2D eigenvalue weighted by molar-refractivity contribution is 6.68. The minimum atomic E-state index is -0.552. The van der Waals surface area contributed by atoms with Crippen molar-refractivity contribution in [1.29, 1.82) is 5.26 Å². The summed E-state index contributed by atoms with van der Waals surface area (Å²) in [6.45, 7) is 1.33. The van der Waals surface area contributed by atoms with E-state index in [2.05, 4.69) is 0 Å². The summed E-state index contributed by atoms with van der Waals surface area (Å²) in [5, 5.41) is 17.0. The van der Waals surface area contributed by atoms with E-state index < -0.39 is 10.5 Å². The molecule has 2 aromatic rings. The molecule has 0 saturated heterocycles. The van der Waals surface area contributed by atoms with Crippen LogP contribution in [-0.2, 0) is 4.79 Å². The Morgan fingerprint density at radius 2 is 1.54 bits per heavy atom. The molecule has 0 atom stereocenters. The van der Waals surface area contributed by atoms with Gasteiger partial charge in [-0.2, -0.15) is 5.26 Å². The van der Waals surface area contributed by atoms with Gasteiger partial charge in [0.15, 0.2) is 17.3 Å². The summed E-state index contributed by atoms with van der Waals surface area (Å²) in [6, 6.07) is 12.2. The summed E-state index contributed by atoms with van der Waals surface area (Å²) in [5.41, 5.74) is 1.38. The van der Waals surface area contributed by atoms with Crippen LogP contribution in [-0.4, -0.2) is 28.5 Å². The summed E-state index contributed by atoms with van der Waals surface area (Å²) in [6.07, 6.45) is 1.45. The van der Waals surface area contributed by atoms with Crippen LogP contribution in [0.1, 0.15) is 33.2 Å². The number of nitrogens with zero attached hydrogens (tertiary/aromatic N) is 1. The molecule has 0 aliphatic rings. The fourth-order valence-electron chi connectivity index (χ4n) is 1.90. The Morgan fingerprint density at radius 1 is 1.04 bits per heavy atom. The lowest BCUT2D eigenvalue weighted by molar-refractivity contribution is -0.113. The Labute approximate surface area is 171 Å². The van der Waals surface area contributed by atoms with Gasteiger partial charge in [0.25, 0.3) is 10.5 Å². The van der Waals surface area contributed by atoms with Crippen LogP contribution in [0.15, 0.2) is 48.0 Å². The number of hydrogen-bond donors (Lipinski definition) is 1. The summed E-state index contributed by atoms with van der Waals surface area (Å²) in [5.74, 6) is 0.0186. The van der Waals surface area contributed by atoms with Crippen molar-refractivity contribution >= 4 is 45.5 Å². The van der Waals surface area contributed by atoms with Gasteiger partial charge in [-0.15, -0.1) is 0 Å². The molecule has 0 saturated carbocycles. The molecule has 0 amide bonds. The van der Waals surface area contributed by atoms with Crippen LogP contribution in [0.25, 0.3) is 6.08 Å². The number of methoxy groups -OCH3 is 1. The minimum absolute atomic E-state index is 0.0148. The van der Waals surface area contributed by atoms with E-state index in [4.69, 9.17) is 33.2 Å². The maximum absolute atomic E-state index is 11.0. The number of carbonyl (C=O) groups excluding carboxylic acids is 3. The van der Waals surface area contributed by atoms with E-state index in [0.717, 1.165) is 0 Å². The second-order valence-corrected chi connectivity index (χ2v) is 5.97. The van der Waals surface area contributed by atoms with E-state index in [1.165, 1.54) is 50.4 Å². The van der Waals surface area contributed by atoms with Gasteiger partial charge in [-0.05, 0) is 78.2 Å². The molecule has 0 aliphatic heterocycles. The van der Waals surface area contributed by atoms with Gasteiger partial charge in [-0.1, -0.05) is 6.07 Å². The van der Waals surface area contributed by atoms with Gasteiger partial charge >= 0.3 is 0 Å². The van der Waals surface area contributed by atoms with Crippen LogP contribution in [0.5, 0.6) is 11.5 Å². The summed E-state index contributed by atoms with van der Waals surface area (Å²) in [7, 11) is 1.43. The summed E-state index contributed by atoms with van der Waals surface area (Å²) >= 11 is 10.4. The third-order valence-corrected chi connectivity index (χ3v) is 3.79. The number of rotatable bonds is 5.